The monoisotopic (exact) mass is 423 g/mol. The Morgan fingerprint density at radius 2 is 1.94 bits per heavy atom. The summed E-state index contributed by atoms with van der Waals surface area (Å²) in [6.07, 6.45) is 10.1. The topological polar surface area (TPSA) is 96.0 Å². The number of aromatic amines is 2. The molecule has 0 radical (unpaired) electrons. The van der Waals surface area contributed by atoms with E-state index in [1.165, 1.54) is 5.56 Å². The maximum Gasteiger partial charge on any atom is 0.159 e. The van der Waals surface area contributed by atoms with Crippen LogP contribution in [0, 0.1) is 0 Å². The fraction of sp³-hybridized carbons (Fsp3) is 0.0870. The number of hydrogen-bond donors (Lipinski definition) is 2. The highest BCUT2D eigenvalue weighted by Crippen LogP contribution is 2.33. The molecule has 8 heteroatoms. The number of H-pyrrole nitrogens is 2. The van der Waals surface area contributed by atoms with Crippen molar-refractivity contribution in [2.45, 2.75) is 13.3 Å². The first-order valence-electron chi connectivity index (χ1n) is 9.96. The number of hydrogen-bond acceptors (Lipinski definition) is 6. The van der Waals surface area contributed by atoms with Crippen LogP contribution in [-0.4, -0.2) is 35.1 Å². The third kappa shape index (κ3) is 3.00. The summed E-state index contributed by atoms with van der Waals surface area (Å²) < 4.78 is 0. The molecule has 0 aromatic carbocycles. The molecule has 0 bridgehead atoms. The molecule has 6 rings (SSSR count). The molecule has 0 aliphatic rings. The first-order chi connectivity index (χ1) is 15.3. The van der Waals surface area contributed by atoms with Gasteiger partial charge >= 0.3 is 0 Å². The average Bonchev–Trinajstić information content (AvgIpc) is 3.57. The van der Waals surface area contributed by atoms with Crippen molar-refractivity contribution in [2.75, 3.05) is 0 Å². The van der Waals surface area contributed by atoms with Crippen LogP contribution in [-0.2, 0) is 6.42 Å². The molecule has 150 valence electrons. The van der Waals surface area contributed by atoms with Crippen LogP contribution in [0.3, 0.4) is 0 Å². The van der Waals surface area contributed by atoms with Crippen LogP contribution >= 0.6 is 11.3 Å². The first-order valence-corrected chi connectivity index (χ1v) is 10.8. The minimum absolute atomic E-state index is 0.699. The molecule has 2 N–H and O–H groups in total. The van der Waals surface area contributed by atoms with Gasteiger partial charge in [0.1, 0.15) is 11.2 Å². The van der Waals surface area contributed by atoms with Gasteiger partial charge in [-0.1, -0.05) is 13.0 Å². The Morgan fingerprint density at radius 3 is 2.81 bits per heavy atom. The first kappa shape index (κ1) is 17.9. The molecule has 6 aromatic heterocycles. The summed E-state index contributed by atoms with van der Waals surface area (Å²) in [7, 11) is 0. The van der Waals surface area contributed by atoms with E-state index in [4.69, 9.17) is 4.98 Å². The molecule has 31 heavy (non-hydrogen) atoms. The third-order valence-electron chi connectivity index (χ3n) is 5.35. The van der Waals surface area contributed by atoms with Gasteiger partial charge in [-0.3, -0.25) is 20.1 Å². The summed E-state index contributed by atoms with van der Waals surface area (Å²) in [4.78, 5) is 22.8. The number of aromatic nitrogens is 7. The van der Waals surface area contributed by atoms with Gasteiger partial charge in [0.2, 0.25) is 0 Å². The number of thiophene rings is 1. The summed E-state index contributed by atoms with van der Waals surface area (Å²) in [6.45, 7) is 2.12. The predicted molar refractivity (Wildman–Crippen MR) is 123 cm³/mol. The number of fused-ring (bicyclic) bond motifs is 2. The summed E-state index contributed by atoms with van der Waals surface area (Å²) in [5.41, 5.74) is 7.42. The fourth-order valence-corrected chi connectivity index (χ4v) is 4.47. The van der Waals surface area contributed by atoms with Crippen molar-refractivity contribution >= 4 is 33.3 Å². The van der Waals surface area contributed by atoms with E-state index < -0.39 is 0 Å². The SMILES string of the molecule is CCc1cncc(-c2cc3c(-c4nc5c(-c6cccs6)cncc5[nH]4)n[nH]c3cn2)c1. The maximum absolute atomic E-state index is 4.89. The van der Waals surface area contributed by atoms with Crippen LogP contribution in [0.25, 0.3) is 55.2 Å². The highest BCUT2D eigenvalue weighted by atomic mass is 32.1. The van der Waals surface area contributed by atoms with E-state index in [0.29, 0.717) is 5.82 Å². The fourth-order valence-electron chi connectivity index (χ4n) is 3.73. The van der Waals surface area contributed by atoms with E-state index >= 15 is 0 Å². The molecular weight excluding hydrogens is 406 g/mol. The average molecular weight is 424 g/mol. The zero-order valence-electron chi connectivity index (χ0n) is 16.6. The minimum atomic E-state index is 0.699. The second-order valence-electron chi connectivity index (χ2n) is 7.27. The van der Waals surface area contributed by atoms with Crippen molar-refractivity contribution < 1.29 is 0 Å². The quantitative estimate of drug-likeness (QED) is 0.404. The second-order valence-corrected chi connectivity index (χ2v) is 8.22. The van der Waals surface area contributed by atoms with E-state index in [1.54, 1.807) is 23.7 Å². The van der Waals surface area contributed by atoms with Crippen LogP contribution in [0.2, 0.25) is 0 Å². The number of nitrogens with zero attached hydrogens (tertiary/aromatic N) is 5. The summed E-state index contributed by atoms with van der Waals surface area (Å²) >= 11 is 1.67. The minimum Gasteiger partial charge on any atom is -0.335 e. The molecule has 0 atom stereocenters. The Kier molecular flexibility index (Phi) is 4.10. The van der Waals surface area contributed by atoms with Gasteiger partial charge < -0.3 is 4.98 Å². The van der Waals surface area contributed by atoms with Crippen LogP contribution < -0.4 is 0 Å². The van der Waals surface area contributed by atoms with Gasteiger partial charge in [0.25, 0.3) is 0 Å². The Balaban J connectivity index is 1.50. The lowest BCUT2D eigenvalue weighted by Gasteiger charge is -2.03. The molecule has 6 aromatic rings. The molecule has 0 aliphatic carbocycles. The molecule has 0 unspecified atom stereocenters. The van der Waals surface area contributed by atoms with E-state index in [0.717, 1.165) is 55.7 Å². The van der Waals surface area contributed by atoms with E-state index in [2.05, 4.69) is 54.6 Å². The van der Waals surface area contributed by atoms with Gasteiger partial charge in [-0.25, -0.2) is 4.98 Å². The Labute approximate surface area is 181 Å². The molecule has 7 nitrogen and oxygen atoms in total. The number of rotatable bonds is 4. The van der Waals surface area contributed by atoms with E-state index in [-0.39, 0.29) is 0 Å². The lowest BCUT2D eigenvalue weighted by atomic mass is 10.1. The second kappa shape index (κ2) is 7.10. The standard InChI is InChI=1S/C23H17N7S/c1-2-13-6-14(9-24-8-13)17-7-15-18(12-26-17)29-30-22(15)23-27-19-11-25-10-16(21(19)28-23)20-4-3-5-31-20/h3-12H,2H2,1H3,(H,27,28)(H,29,30). The smallest absolute Gasteiger partial charge is 0.159 e. The number of imidazole rings is 1. The van der Waals surface area contributed by atoms with Gasteiger partial charge in [0.05, 0.1) is 29.1 Å². The lowest BCUT2D eigenvalue weighted by Crippen LogP contribution is -1.89. The van der Waals surface area contributed by atoms with Gasteiger partial charge in [0.15, 0.2) is 5.82 Å². The van der Waals surface area contributed by atoms with Crippen molar-refractivity contribution in [2.24, 2.45) is 0 Å². The predicted octanol–water partition coefficient (Wildman–Crippen LogP) is 5.25. The molecule has 0 saturated heterocycles. The normalized spacial score (nSPS) is 11.5. The third-order valence-corrected chi connectivity index (χ3v) is 6.25. The molecule has 0 spiro atoms. The highest BCUT2D eigenvalue weighted by Gasteiger charge is 2.17. The highest BCUT2D eigenvalue weighted by molar-refractivity contribution is 7.13. The van der Waals surface area contributed by atoms with Crippen LogP contribution in [0.5, 0.6) is 0 Å². The van der Waals surface area contributed by atoms with Crippen molar-refractivity contribution in [3.63, 3.8) is 0 Å². The molecule has 0 saturated carbocycles. The molecule has 0 amide bonds. The van der Waals surface area contributed by atoms with Gasteiger partial charge in [-0.15, -0.1) is 11.3 Å². The van der Waals surface area contributed by atoms with Crippen LogP contribution in [0.15, 0.2) is 60.6 Å². The van der Waals surface area contributed by atoms with Crippen molar-refractivity contribution in [3.05, 3.63) is 66.2 Å². The zero-order valence-corrected chi connectivity index (χ0v) is 17.4. The van der Waals surface area contributed by atoms with Crippen molar-refractivity contribution in [1.82, 2.24) is 35.1 Å². The Hall–Kier alpha value is -3.91. The summed E-state index contributed by atoms with van der Waals surface area (Å²) in [6, 6.07) is 8.28. The number of nitrogens with one attached hydrogen (secondary N) is 2. The Morgan fingerprint density at radius 1 is 1.00 bits per heavy atom. The van der Waals surface area contributed by atoms with Crippen LogP contribution in [0.4, 0.5) is 0 Å². The Bertz CT molecular complexity index is 1530. The zero-order chi connectivity index (χ0) is 20.8. The van der Waals surface area contributed by atoms with Crippen molar-refractivity contribution in [3.8, 4) is 33.2 Å². The maximum atomic E-state index is 4.89. The number of pyridine rings is 3. The molecule has 0 fully saturated rings. The van der Waals surface area contributed by atoms with E-state index in [9.17, 15) is 0 Å². The molecule has 0 aliphatic heterocycles. The summed E-state index contributed by atoms with van der Waals surface area (Å²) in [5, 5.41) is 10.6. The largest absolute Gasteiger partial charge is 0.335 e. The number of aryl methyl sites for hydroxylation is 1. The van der Waals surface area contributed by atoms with Gasteiger partial charge in [0, 0.05) is 40.0 Å². The van der Waals surface area contributed by atoms with E-state index in [1.807, 2.05) is 30.7 Å². The van der Waals surface area contributed by atoms with Crippen molar-refractivity contribution in [1.29, 1.82) is 0 Å². The molecular formula is C23H17N7S. The van der Waals surface area contributed by atoms with Crippen LogP contribution in [0.1, 0.15) is 12.5 Å². The molecule has 6 heterocycles. The lowest BCUT2D eigenvalue weighted by molar-refractivity contribution is 1.10. The van der Waals surface area contributed by atoms with Gasteiger partial charge in [-0.05, 0) is 35.6 Å². The van der Waals surface area contributed by atoms with Gasteiger partial charge in [-0.2, -0.15) is 5.10 Å². The summed E-state index contributed by atoms with van der Waals surface area (Å²) in [5.74, 6) is 0.699.